The Morgan fingerprint density at radius 1 is 0.514 bits per heavy atom. The number of nitrogens with one attached hydrogen (secondary N) is 4. The summed E-state index contributed by atoms with van der Waals surface area (Å²) in [5, 5.41) is 61.3. The number of carboxylic acids is 4. The number of carboxylic acid groups (broad SMARTS) is 4. The Hall–Kier alpha value is -4.36. The second-order valence-electron chi connectivity index (χ2n) is 7.35. The quantitative estimate of drug-likeness (QED) is 0.0821. The molecule has 37 heavy (non-hydrogen) atoms. The lowest BCUT2D eigenvalue weighted by Gasteiger charge is -2.24. The average Bonchev–Trinajstić information content (AvgIpc) is 2.78. The topological polar surface area (TPSA) is 332 Å². The Labute approximate surface area is 207 Å². The summed E-state index contributed by atoms with van der Waals surface area (Å²) in [4.78, 5) is 93.1. The van der Waals surface area contributed by atoms with Crippen LogP contribution in [0.15, 0.2) is 0 Å². The van der Waals surface area contributed by atoms with E-state index >= 15 is 0 Å². The predicted octanol–water partition coefficient (Wildman–Crippen LogP) is -6.25. The molecule has 0 aliphatic heterocycles. The number of carbonyl (C=O) groups excluding carboxylic acids is 4. The van der Waals surface area contributed by atoms with E-state index in [2.05, 4.69) is 0 Å². The van der Waals surface area contributed by atoms with Crippen molar-refractivity contribution in [2.45, 2.75) is 49.5 Å². The molecule has 0 aromatic heterocycles. The molecule has 0 unspecified atom stereocenters. The second-order valence-corrected chi connectivity index (χ2v) is 7.35. The number of aliphatic carboxylic acids is 4. The number of hydrogen-bond acceptors (Lipinski definition) is 11. The molecule has 0 aliphatic carbocycles. The van der Waals surface area contributed by atoms with Crippen LogP contribution >= 0.6 is 0 Å². The van der Waals surface area contributed by atoms with Gasteiger partial charge in [0.1, 0.15) is 24.2 Å². The highest BCUT2D eigenvalue weighted by molar-refractivity contribution is 5.98. The van der Waals surface area contributed by atoms with Gasteiger partial charge in [-0.05, 0) is 0 Å². The first kappa shape index (κ1) is 32.6. The number of carbonyl (C=O) groups is 8. The Morgan fingerprint density at radius 3 is 1.19 bits per heavy atom. The summed E-state index contributed by atoms with van der Waals surface area (Å²) in [7, 11) is 0. The van der Waals surface area contributed by atoms with Crippen molar-refractivity contribution < 1.29 is 69.0 Å². The minimum absolute atomic E-state index is 0.874. The zero-order valence-corrected chi connectivity index (χ0v) is 18.9. The van der Waals surface area contributed by atoms with Gasteiger partial charge in [-0.15, -0.1) is 0 Å². The highest BCUT2D eigenvalue weighted by Crippen LogP contribution is 2.01. The third-order valence-corrected chi connectivity index (χ3v) is 4.37. The largest absolute Gasteiger partial charge is 0.481 e. The molecule has 0 aliphatic rings. The van der Waals surface area contributed by atoms with Gasteiger partial charge in [-0.1, -0.05) is 0 Å². The van der Waals surface area contributed by atoms with Gasteiger partial charge in [-0.3, -0.25) is 33.6 Å². The number of rotatable bonds is 17. The summed E-state index contributed by atoms with van der Waals surface area (Å²) >= 11 is 0. The van der Waals surface area contributed by atoms with Crippen molar-refractivity contribution in [1.82, 2.24) is 21.3 Å². The van der Waals surface area contributed by atoms with Crippen molar-refractivity contribution in [1.29, 1.82) is 0 Å². The maximum absolute atomic E-state index is 12.6. The van der Waals surface area contributed by atoms with Crippen LogP contribution in [0.5, 0.6) is 0 Å². The Bertz CT molecular complexity index is 909. The first-order valence-corrected chi connectivity index (χ1v) is 10.2. The maximum Gasteiger partial charge on any atom is 0.328 e. The van der Waals surface area contributed by atoms with E-state index in [0.717, 1.165) is 0 Å². The van der Waals surface area contributed by atoms with Crippen LogP contribution in [0.3, 0.4) is 0 Å². The van der Waals surface area contributed by atoms with E-state index in [9.17, 15) is 43.5 Å². The number of amides is 4. The van der Waals surface area contributed by atoms with Crippen LogP contribution in [-0.2, 0) is 38.4 Å². The zero-order valence-electron chi connectivity index (χ0n) is 18.9. The lowest BCUT2D eigenvalue weighted by atomic mass is 10.1. The second kappa shape index (κ2) is 15.6. The summed E-state index contributed by atoms with van der Waals surface area (Å²) in [6, 6.07) is -9.29. The van der Waals surface area contributed by atoms with E-state index in [1.807, 2.05) is 16.0 Å². The number of aliphatic hydroxyl groups is 2. The molecule has 0 rings (SSSR count). The van der Waals surface area contributed by atoms with E-state index in [1.165, 1.54) is 0 Å². The molecule has 0 aromatic carbocycles. The molecular weight excluding hydrogens is 510 g/mol. The van der Waals surface area contributed by atoms with Gasteiger partial charge < -0.3 is 57.6 Å². The highest BCUT2D eigenvalue weighted by atomic mass is 16.4. The monoisotopic (exact) mass is 537 g/mol. The van der Waals surface area contributed by atoms with Crippen molar-refractivity contribution in [3.63, 3.8) is 0 Å². The van der Waals surface area contributed by atoms with E-state index in [0.29, 0.717) is 0 Å². The maximum atomic E-state index is 12.6. The minimum atomic E-state index is -2.00. The van der Waals surface area contributed by atoms with E-state index in [-0.39, 0.29) is 0 Å². The molecule has 0 radical (unpaired) electrons. The molecule has 0 heterocycles. The summed E-state index contributed by atoms with van der Waals surface area (Å²) in [6.07, 6.45) is -3.09. The Morgan fingerprint density at radius 2 is 0.838 bits per heavy atom. The Balaban J connectivity index is 5.64. The molecular formula is C18H27N5O14. The highest BCUT2D eigenvalue weighted by Gasteiger charge is 2.33. The SMILES string of the molecule is N[C@@H](CC(=O)O)C(=O)N[C@@H](CC(=O)O)C(=O)N[C@@H](CC(=O)O)C(=O)N[C@@H](CO)C(=O)N[C@@H](CO)C(=O)O. The smallest absolute Gasteiger partial charge is 0.328 e. The molecule has 208 valence electrons. The summed E-state index contributed by atoms with van der Waals surface area (Å²) in [6.45, 7) is -2.17. The van der Waals surface area contributed by atoms with Gasteiger partial charge in [0.25, 0.3) is 0 Å². The van der Waals surface area contributed by atoms with Gasteiger partial charge in [-0.25, -0.2) is 4.79 Å². The van der Waals surface area contributed by atoms with Gasteiger partial charge in [-0.2, -0.15) is 0 Å². The van der Waals surface area contributed by atoms with Crippen molar-refractivity contribution in [2.75, 3.05) is 13.2 Å². The van der Waals surface area contributed by atoms with Crippen molar-refractivity contribution in [3.05, 3.63) is 0 Å². The summed E-state index contributed by atoms with van der Waals surface area (Å²) < 4.78 is 0. The molecule has 19 heteroatoms. The van der Waals surface area contributed by atoms with Crippen molar-refractivity contribution >= 4 is 47.5 Å². The van der Waals surface area contributed by atoms with Crippen molar-refractivity contribution in [3.8, 4) is 0 Å². The molecule has 0 bridgehead atoms. The molecule has 5 atom stereocenters. The van der Waals surface area contributed by atoms with Crippen molar-refractivity contribution in [2.24, 2.45) is 5.73 Å². The molecule has 0 saturated carbocycles. The summed E-state index contributed by atoms with van der Waals surface area (Å²) in [5.41, 5.74) is 5.35. The van der Waals surface area contributed by atoms with Gasteiger partial charge in [0.15, 0.2) is 0 Å². The fraction of sp³-hybridized carbons (Fsp3) is 0.556. The fourth-order valence-corrected chi connectivity index (χ4v) is 2.52. The molecule has 19 nitrogen and oxygen atoms in total. The third kappa shape index (κ3) is 12.2. The molecule has 0 spiro atoms. The summed E-state index contributed by atoms with van der Waals surface area (Å²) in [5.74, 6) is -11.7. The van der Waals surface area contributed by atoms with E-state index in [4.69, 9.17) is 31.3 Å². The van der Waals surface area contributed by atoms with Gasteiger partial charge in [0, 0.05) is 0 Å². The lowest BCUT2D eigenvalue weighted by Crippen LogP contribution is -2.60. The van der Waals surface area contributed by atoms with Crippen LogP contribution in [-0.4, -0.2) is 122 Å². The zero-order chi connectivity index (χ0) is 28.9. The lowest BCUT2D eigenvalue weighted by molar-refractivity contribution is -0.144. The van der Waals surface area contributed by atoms with Gasteiger partial charge in [0.2, 0.25) is 23.6 Å². The van der Waals surface area contributed by atoms with Gasteiger partial charge >= 0.3 is 23.9 Å². The molecule has 0 aromatic rings. The normalized spacial score (nSPS) is 14.6. The van der Waals surface area contributed by atoms with Crippen LogP contribution in [0.2, 0.25) is 0 Å². The molecule has 4 amide bonds. The number of aliphatic hydroxyl groups excluding tert-OH is 2. The standard InChI is InChI=1S/C18H27N5O14/c19-6(1-11(26)27)14(32)20-7(2-12(28)29)15(33)21-8(3-13(30)31)16(34)22-9(4-24)17(35)23-10(5-25)18(36)37/h6-10,24-25H,1-5,19H2,(H,20,32)(H,21,33)(H,22,34)(H,23,35)(H,26,27)(H,28,29)(H,30,31)(H,36,37)/t6-,7-,8-,9-,10-/m0/s1. The van der Waals surface area contributed by atoms with Crippen LogP contribution in [0.25, 0.3) is 0 Å². The first-order valence-electron chi connectivity index (χ1n) is 10.2. The molecule has 0 fully saturated rings. The molecule has 0 saturated heterocycles. The van der Waals surface area contributed by atoms with Crippen LogP contribution in [0.1, 0.15) is 19.3 Å². The van der Waals surface area contributed by atoms with Gasteiger partial charge in [0.05, 0.1) is 38.5 Å². The average molecular weight is 537 g/mol. The van der Waals surface area contributed by atoms with Crippen LogP contribution in [0.4, 0.5) is 0 Å². The van der Waals surface area contributed by atoms with E-state index < -0.39 is 110 Å². The van der Waals surface area contributed by atoms with Crippen LogP contribution < -0.4 is 27.0 Å². The fourth-order valence-electron chi connectivity index (χ4n) is 2.52. The minimum Gasteiger partial charge on any atom is -0.481 e. The Kier molecular flexibility index (Phi) is 13.8. The first-order chi connectivity index (χ1) is 17.1. The predicted molar refractivity (Wildman–Crippen MR) is 114 cm³/mol. The van der Waals surface area contributed by atoms with Crippen LogP contribution in [0, 0.1) is 0 Å². The third-order valence-electron chi connectivity index (χ3n) is 4.37. The number of nitrogens with two attached hydrogens (primary N) is 1. The molecule has 12 N–H and O–H groups in total. The number of hydrogen-bond donors (Lipinski definition) is 11. The van der Waals surface area contributed by atoms with E-state index in [1.54, 1.807) is 5.32 Å².